The van der Waals surface area contributed by atoms with Crippen molar-refractivity contribution in [1.82, 2.24) is 0 Å². The van der Waals surface area contributed by atoms with Gasteiger partial charge in [0.2, 0.25) is 0 Å². The number of hydrogen-bond acceptors (Lipinski definition) is 3. The maximum atomic E-state index is 14.4. The van der Waals surface area contributed by atoms with E-state index in [0.717, 1.165) is 24.0 Å². The van der Waals surface area contributed by atoms with E-state index >= 15 is 0 Å². The minimum Gasteiger partial charge on any atom is -0.505 e. The van der Waals surface area contributed by atoms with Crippen LogP contribution in [0.3, 0.4) is 0 Å². The molecule has 2 unspecified atom stereocenters. The van der Waals surface area contributed by atoms with Crippen molar-refractivity contribution < 1.29 is 17.9 Å². The monoisotopic (exact) mass is 402 g/mol. The summed E-state index contributed by atoms with van der Waals surface area (Å²) in [6.45, 7) is 4.21. The maximum Gasteiger partial charge on any atom is 0.178 e. The molecular weight excluding hydrogens is 375 g/mol. The quantitative estimate of drug-likeness (QED) is 0.636. The van der Waals surface area contributed by atoms with Gasteiger partial charge in [-0.2, -0.15) is 0 Å². The van der Waals surface area contributed by atoms with E-state index < -0.39 is 15.7 Å². The summed E-state index contributed by atoms with van der Waals surface area (Å²) in [7, 11) is -3.38. The molecule has 0 saturated heterocycles. The number of phenols is 1. The number of aromatic hydroxyl groups is 1. The van der Waals surface area contributed by atoms with Crippen molar-refractivity contribution in [2.45, 2.75) is 50.3 Å². The third-order valence-corrected chi connectivity index (χ3v) is 7.22. The lowest BCUT2D eigenvalue weighted by Crippen LogP contribution is -2.10. The van der Waals surface area contributed by atoms with E-state index in [1.54, 1.807) is 30.3 Å². The molecule has 2 aromatic carbocycles. The number of hydrogen-bond donors (Lipinski definition) is 1. The summed E-state index contributed by atoms with van der Waals surface area (Å²) in [6, 6.07) is 9.75. The van der Waals surface area contributed by atoms with Crippen molar-refractivity contribution in [3.05, 3.63) is 65.0 Å². The molecule has 3 rings (SSSR count). The van der Waals surface area contributed by atoms with Gasteiger partial charge in [-0.1, -0.05) is 57.0 Å². The highest BCUT2D eigenvalue weighted by Gasteiger charge is 2.27. The number of benzene rings is 2. The predicted molar refractivity (Wildman–Crippen MR) is 111 cm³/mol. The van der Waals surface area contributed by atoms with Gasteiger partial charge in [-0.25, -0.2) is 12.8 Å². The van der Waals surface area contributed by atoms with E-state index in [4.69, 9.17) is 0 Å². The number of rotatable bonds is 8. The minimum atomic E-state index is -3.38. The third kappa shape index (κ3) is 4.30. The Morgan fingerprint density at radius 1 is 1.21 bits per heavy atom. The molecule has 3 nitrogen and oxygen atoms in total. The Morgan fingerprint density at radius 3 is 2.61 bits per heavy atom. The fraction of sp³-hybridized carbons (Fsp3) is 0.391. The summed E-state index contributed by atoms with van der Waals surface area (Å²) in [6.07, 6.45) is 6.87. The van der Waals surface area contributed by atoms with Crippen LogP contribution in [0, 0.1) is 11.7 Å². The molecule has 1 aliphatic carbocycles. The van der Waals surface area contributed by atoms with Gasteiger partial charge in [-0.3, -0.25) is 0 Å². The van der Waals surface area contributed by atoms with Crippen molar-refractivity contribution >= 4 is 15.9 Å². The largest absolute Gasteiger partial charge is 0.505 e. The van der Waals surface area contributed by atoms with E-state index in [-0.39, 0.29) is 17.4 Å². The number of phenolic OH excluding ortho intramolecular Hbond substituents is 1. The van der Waals surface area contributed by atoms with Crippen LogP contribution in [-0.2, 0) is 16.3 Å². The van der Waals surface area contributed by atoms with E-state index in [9.17, 15) is 17.9 Å². The Morgan fingerprint density at radius 2 is 1.93 bits per heavy atom. The summed E-state index contributed by atoms with van der Waals surface area (Å²) < 4.78 is 39.5. The lowest BCUT2D eigenvalue weighted by atomic mass is 9.89. The smallest absolute Gasteiger partial charge is 0.178 e. The zero-order chi connectivity index (χ0) is 20.3. The van der Waals surface area contributed by atoms with Crippen LogP contribution < -0.4 is 0 Å². The number of sulfone groups is 1. The third-order valence-electron chi connectivity index (χ3n) is 5.46. The van der Waals surface area contributed by atoms with Gasteiger partial charge in [0.05, 0.1) is 10.6 Å². The first-order valence-electron chi connectivity index (χ1n) is 9.83. The van der Waals surface area contributed by atoms with E-state index in [2.05, 4.69) is 13.8 Å². The van der Waals surface area contributed by atoms with Crippen LogP contribution in [0.25, 0.3) is 6.08 Å². The van der Waals surface area contributed by atoms with Gasteiger partial charge in [0.1, 0.15) is 0 Å². The summed E-state index contributed by atoms with van der Waals surface area (Å²) in [4.78, 5) is 0.308. The summed E-state index contributed by atoms with van der Waals surface area (Å²) in [5.41, 5.74) is 2.27. The summed E-state index contributed by atoms with van der Waals surface area (Å²) in [5.74, 6) is -0.729. The second-order valence-electron chi connectivity index (χ2n) is 7.67. The van der Waals surface area contributed by atoms with Gasteiger partial charge >= 0.3 is 0 Å². The summed E-state index contributed by atoms with van der Waals surface area (Å²) in [5, 5.41) is 10.3. The van der Waals surface area contributed by atoms with E-state index in [1.807, 2.05) is 12.2 Å². The van der Waals surface area contributed by atoms with E-state index in [1.165, 1.54) is 6.07 Å². The van der Waals surface area contributed by atoms with Crippen LogP contribution in [-0.4, -0.2) is 19.3 Å². The lowest BCUT2D eigenvalue weighted by Gasteiger charge is -2.18. The van der Waals surface area contributed by atoms with Crippen LogP contribution in [0.4, 0.5) is 4.39 Å². The highest BCUT2D eigenvalue weighted by molar-refractivity contribution is 7.91. The van der Waals surface area contributed by atoms with Crippen molar-refractivity contribution in [2.24, 2.45) is 5.92 Å². The molecule has 0 heterocycles. The Bertz CT molecular complexity index is 965. The van der Waals surface area contributed by atoms with Gasteiger partial charge in [-0.05, 0) is 48.1 Å². The number of allylic oxidation sites excluding steroid dienone is 1. The molecule has 0 aromatic heterocycles. The number of fused-ring (bicyclic) bond motifs is 1. The zero-order valence-electron chi connectivity index (χ0n) is 16.4. The topological polar surface area (TPSA) is 54.4 Å². The van der Waals surface area contributed by atoms with Gasteiger partial charge in [-0.15, -0.1) is 0 Å². The fourth-order valence-electron chi connectivity index (χ4n) is 3.98. The Balaban J connectivity index is 1.82. The molecule has 1 N–H and O–H groups in total. The molecule has 2 aromatic rings. The van der Waals surface area contributed by atoms with Gasteiger partial charge in [0.15, 0.2) is 21.4 Å². The van der Waals surface area contributed by atoms with E-state index in [0.29, 0.717) is 29.2 Å². The van der Waals surface area contributed by atoms with Crippen molar-refractivity contribution in [3.8, 4) is 5.75 Å². The molecular formula is C23H27FO3S. The van der Waals surface area contributed by atoms with Crippen molar-refractivity contribution in [3.63, 3.8) is 0 Å². The normalized spacial score (nSPS) is 16.9. The molecule has 2 atom stereocenters. The highest BCUT2D eigenvalue weighted by atomic mass is 32.2. The molecule has 0 aliphatic heterocycles. The van der Waals surface area contributed by atoms with Gasteiger partial charge < -0.3 is 5.11 Å². The SMILES string of the molecule is CCCC(C)Cc1c(O)c(F)cc2c1C=CC2CCS(=O)(=O)c1ccccc1. The minimum absolute atomic E-state index is 0.00444. The van der Waals surface area contributed by atoms with Crippen LogP contribution in [0.1, 0.15) is 55.7 Å². The molecule has 0 spiro atoms. The highest BCUT2D eigenvalue weighted by Crippen LogP contribution is 2.41. The van der Waals surface area contributed by atoms with Gasteiger partial charge in [0.25, 0.3) is 0 Å². The van der Waals surface area contributed by atoms with Gasteiger partial charge in [0, 0.05) is 11.5 Å². The molecule has 5 heteroatoms. The Labute approximate surface area is 166 Å². The number of halogens is 1. The fourth-order valence-corrected chi connectivity index (χ4v) is 5.35. The second kappa shape index (κ2) is 8.48. The Kier molecular flexibility index (Phi) is 6.23. The zero-order valence-corrected chi connectivity index (χ0v) is 17.2. The molecule has 1 aliphatic rings. The molecule has 28 heavy (non-hydrogen) atoms. The Hall–Kier alpha value is -2.14. The molecule has 150 valence electrons. The molecule has 0 saturated carbocycles. The van der Waals surface area contributed by atoms with Crippen LogP contribution in [0.15, 0.2) is 47.4 Å². The molecule has 0 fully saturated rings. The lowest BCUT2D eigenvalue weighted by molar-refractivity contribution is 0.416. The first-order valence-corrected chi connectivity index (χ1v) is 11.5. The maximum absolute atomic E-state index is 14.4. The average Bonchev–Trinajstić information content (AvgIpc) is 3.07. The first kappa shape index (κ1) is 20.6. The molecule has 0 bridgehead atoms. The van der Waals surface area contributed by atoms with Crippen molar-refractivity contribution in [2.75, 3.05) is 5.75 Å². The van der Waals surface area contributed by atoms with Crippen LogP contribution >= 0.6 is 0 Å². The van der Waals surface area contributed by atoms with Crippen LogP contribution in [0.2, 0.25) is 0 Å². The predicted octanol–water partition coefficient (Wildman–Crippen LogP) is 5.48. The standard InChI is InChI=1S/C23H27FO3S/c1-3-7-16(2)14-21-19-11-10-17(20(19)15-22(24)23(21)25)12-13-28(26,27)18-8-5-4-6-9-18/h4-6,8-11,15-17,25H,3,7,12-14H2,1-2H3. The first-order chi connectivity index (χ1) is 13.3. The van der Waals surface area contributed by atoms with Crippen LogP contribution in [0.5, 0.6) is 5.75 Å². The van der Waals surface area contributed by atoms with Crippen molar-refractivity contribution in [1.29, 1.82) is 0 Å². The molecule has 0 radical (unpaired) electrons. The average molecular weight is 403 g/mol. The summed E-state index contributed by atoms with van der Waals surface area (Å²) >= 11 is 0. The second-order valence-corrected chi connectivity index (χ2v) is 9.78. The molecule has 0 amide bonds.